The molecule has 2 aliphatic heterocycles. The van der Waals surface area contributed by atoms with Crippen molar-refractivity contribution in [1.29, 1.82) is 0 Å². The molecule has 136 valence electrons. The van der Waals surface area contributed by atoms with Gasteiger partial charge in [-0.2, -0.15) is 0 Å². The average Bonchev–Trinajstić information content (AvgIpc) is 3.11. The minimum Gasteiger partial charge on any atom is -0.379 e. The molecule has 1 aromatic carbocycles. The smallest absolute Gasteiger partial charge is 0.254 e. The standard InChI is InChI=1S/C19H25BrN2O3/c1-13-9-11-21(12-17(13)25-2)19(24)16-4-3-10-22(16)18(23)14-5-7-15(20)8-6-14/h5-8,13,16-17H,3-4,9-12H2,1-2H3. The van der Waals surface area contributed by atoms with Crippen molar-refractivity contribution in [1.82, 2.24) is 9.80 Å². The third-order valence-electron chi connectivity index (χ3n) is 5.39. The van der Waals surface area contributed by atoms with Crippen LogP contribution in [0.3, 0.4) is 0 Å². The number of halogens is 1. The van der Waals surface area contributed by atoms with Gasteiger partial charge in [0.05, 0.1) is 6.10 Å². The Morgan fingerprint density at radius 1 is 1.16 bits per heavy atom. The van der Waals surface area contributed by atoms with Gasteiger partial charge in [-0.15, -0.1) is 0 Å². The number of piperidine rings is 1. The minimum absolute atomic E-state index is 0.0583. The van der Waals surface area contributed by atoms with Gasteiger partial charge in [0.2, 0.25) is 5.91 Å². The molecule has 3 atom stereocenters. The minimum atomic E-state index is -0.345. The normalized spacial score (nSPS) is 26.8. The number of benzene rings is 1. The lowest BCUT2D eigenvalue weighted by Gasteiger charge is -2.38. The summed E-state index contributed by atoms with van der Waals surface area (Å²) in [5.74, 6) is 0.465. The van der Waals surface area contributed by atoms with Crippen LogP contribution in [0.25, 0.3) is 0 Å². The van der Waals surface area contributed by atoms with E-state index >= 15 is 0 Å². The second-order valence-corrected chi connectivity index (χ2v) is 7.90. The Bertz CT molecular complexity index is 634. The predicted octanol–water partition coefficient (Wildman–Crippen LogP) is 2.94. The molecule has 2 saturated heterocycles. The van der Waals surface area contributed by atoms with Gasteiger partial charge >= 0.3 is 0 Å². The fourth-order valence-corrected chi connectivity index (χ4v) is 4.04. The maximum absolute atomic E-state index is 13.0. The van der Waals surface area contributed by atoms with Crippen LogP contribution in [0.1, 0.15) is 36.5 Å². The zero-order valence-electron chi connectivity index (χ0n) is 14.8. The third kappa shape index (κ3) is 3.90. The van der Waals surface area contributed by atoms with Crippen LogP contribution in [0.5, 0.6) is 0 Å². The van der Waals surface area contributed by atoms with Crippen molar-refractivity contribution < 1.29 is 14.3 Å². The maximum atomic E-state index is 13.0. The van der Waals surface area contributed by atoms with E-state index in [4.69, 9.17) is 4.74 Å². The van der Waals surface area contributed by atoms with E-state index in [2.05, 4.69) is 22.9 Å². The highest BCUT2D eigenvalue weighted by Crippen LogP contribution is 2.26. The van der Waals surface area contributed by atoms with E-state index < -0.39 is 0 Å². The number of hydrogen-bond donors (Lipinski definition) is 0. The van der Waals surface area contributed by atoms with Crippen LogP contribution in [0.15, 0.2) is 28.7 Å². The number of ether oxygens (including phenoxy) is 1. The van der Waals surface area contributed by atoms with Crippen molar-refractivity contribution in [2.45, 2.75) is 38.3 Å². The molecule has 1 aromatic rings. The molecule has 2 fully saturated rings. The van der Waals surface area contributed by atoms with Gasteiger partial charge in [0.1, 0.15) is 6.04 Å². The van der Waals surface area contributed by atoms with E-state index in [9.17, 15) is 9.59 Å². The molecular formula is C19H25BrN2O3. The highest BCUT2D eigenvalue weighted by atomic mass is 79.9. The number of methoxy groups -OCH3 is 1. The Kier molecular flexibility index (Phi) is 5.79. The van der Waals surface area contributed by atoms with Gasteiger partial charge in [0, 0.05) is 36.8 Å². The Hall–Kier alpha value is -1.40. The first-order valence-electron chi connectivity index (χ1n) is 8.89. The van der Waals surface area contributed by atoms with E-state index in [1.807, 2.05) is 17.0 Å². The molecular weight excluding hydrogens is 384 g/mol. The summed E-state index contributed by atoms with van der Waals surface area (Å²) in [6, 6.07) is 6.97. The van der Waals surface area contributed by atoms with Crippen molar-refractivity contribution >= 4 is 27.7 Å². The summed E-state index contributed by atoms with van der Waals surface area (Å²) >= 11 is 3.38. The van der Waals surface area contributed by atoms with E-state index in [1.165, 1.54) is 0 Å². The quantitative estimate of drug-likeness (QED) is 0.772. The molecule has 3 unspecified atom stereocenters. The zero-order chi connectivity index (χ0) is 18.0. The molecule has 2 amide bonds. The summed E-state index contributed by atoms with van der Waals surface area (Å²) in [7, 11) is 1.70. The number of likely N-dealkylation sites (tertiary alicyclic amines) is 2. The van der Waals surface area contributed by atoms with Gasteiger partial charge in [-0.3, -0.25) is 9.59 Å². The predicted molar refractivity (Wildman–Crippen MR) is 99.4 cm³/mol. The first kappa shape index (κ1) is 18.4. The monoisotopic (exact) mass is 408 g/mol. The summed E-state index contributed by atoms with van der Waals surface area (Å²) in [5.41, 5.74) is 0.630. The van der Waals surface area contributed by atoms with Crippen LogP contribution in [0.4, 0.5) is 0 Å². The molecule has 25 heavy (non-hydrogen) atoms. The second kappa shape index (κ2) is 7.87. The molecule has 0 aromatic heterocycles. The molecule has 0 radical (unpaired) electrons. The number of hydrogen-bond acceptors (Lipinski definition) is 3. The topological polar surface area (TPSA) is 49.9 Å². The van der Waals surface area contributed by atoms with Crippen molar-refractivity contribution in [3.05, 3.63) is 34.3 Å². The molecule has 3 rings (SSSR count). The first-order valence-corrected chi connectivity index (χ1v) is 9.68. The largest absolute Gasteiger partial charge is 0.379 e. The number of amides is 2. The summed E-state index contributed by atoms with van der Waals surface area (Å²) in [6.07, 6.45) is 2.63. The molecule has 0 spiro atoms. The average molecular weight is 409 g/mol. The van der Waals surface area contributed by atoms with Gasteiger partial charge in [0.25, 0.3) is 5.91 Å². The van der Waals surface area contributed by atoms with Gasteiger partial charge in [-0.25, -0.2) is 0 Å². The van der Waals surface area contributed by atoms with Gasteiger partial charge < -0.3 is 14.5 Å². The third-order valence-corrected chi connectivity index (χ3v) is 5.92. The molecule has 0 aliphatic carbocycles. The molecule has 5 nitrogen and oxygen atoms in total. The number of rotatable bonds is 3. The van der Waals surface area contributed by atoms with Gasteiger partial charge in [-0.1, -0.05) is 22.9 Å². The van der Waals surface area contributed by atoms with Crippen molar-refractivity contribution in [3.8, 4) is 0 Å². The van der Waals surface area contributed by atoms with Crippen molar-refractivity contribution in [2.75, 3.05) is 26.7 Å². The summed E-state index contributed by atoms with van der Waals surface area (Å²) in [6.45, 7) is 4.17. The Morgan fingerprint density at radius 2 is 1.88 bits per heavy atom. The van der Waals surface area contributed by atoms with Crippen molar-refractivity contribution in [2.24, 2.45) is 5.92 Å². The zero-order valence-corrected chi connectivity index (χ0v) is 16.4. The van der Waals surface area contributed by atoms with Crippen LogP contribution in [-0.2, 0) is 9.53 Å². The molecule has 0 saturated carbocycles. The Morgan fingerprint density at radius 3 is 2.56 bits per heavy atom. The van der Waals surface area contributed by atoms with Crippen LogP contribution in [0.2, 0.25) is 0 Å². The van der Waals surface area contributed by atoms with Crippen LogP contribution >= 0.6 is 15.9 Å². The highest BCUT2D eigenvalue weighted by molar-refractivity contribution is 9.10. The van der Waals surface area contributed by atoms with E-state index in [-0.39, 0.29) is 24.0 Å². The number of carbonyl (C=O) groups is 2. The molecule has 6 heteroatoms. The number of nitrogens with zero attached hydrogens (tertiary/aromatic N) is 2. The summed E-state index contributed by atoms with van der Waals surface area (Å²) in [4.78, 5) is 29.5. The number of carbonyl (C=O) groups excluding carboxylic acids is 2. The Balaban J connectivity index is 1.71. The Labute approximate surface area is 157 Å². The van der Waals surface area contributed by atoms with Crippen LogP contribution < -0.4 is 0 Å². The lowest BCUT2D eigenvalue weighted by Crippen LogP contribution is -2.53. The van der Waals surface area contributed by atoms with E-state index in [0.717, 1.165) is 30.3 Å². The van der Waals surface area contributed by atoms with Crippen LogP contribution in [0, 0.1) is 5.92 Å². The molecule has 0 N–H and O–H groups in total. The molecule has 2 aliphatic rings. The summed E-state index contributed by atoms with van der Waals surface area (Å²) < 4.78 is 6.46. The van der Waals surface area contributed by atoms with Gasteiger partial charge in [0.15, 0.2) is 0 Å². The molecule has 0 bridgehead atoms. The summed E-state index contributed by atoms with van der Waals surface area (Å²) in [5, 5.41) is 0. The first-order chi connectivity index (χ1) is 12.0. The van der Waals surface area contributed by atoms with E-state index in [1.54, 1.807) is 24.1 Å². The lowest BCUT2D eigenvalue weighted by molar-refractivity contribution is -0.140. The maximum Gasteiger partial charge on any atom is 0.254 e. The van der Waals surface area contributed by atoms with Crippen LogP contribution in [-0.4, -0.2) is 60.5 Å². The molecule has 2 heterocycles. The van der Waals surface area contributed by atoms with Crippen molar-refractivity contribution in [3.63, 3.8) is 0 Å². The fourth-order valence-electron chi connectivity index (χ4n) is 3.78. The highest BCUT2D eigenvalue weighted by Gasteiger charge is 2.39. The lowest BCUT2D eigenvalue weighted by atomic mass is 9.95. The fraction of sp³-hybridized carbons (Fsp3) is 0.579. The van der Waals surface area contributed by atoms with Gasteiger partial charge in [-0.05, 0) is 49.4 Å². The SMILES string of the molecule is COC1CN(C(=O)C2CCCN2C(=O)c2ccc(Br)cc2)CCC1C. The second-order valence-electron chi connectivity index (χ2n) is 6.99. The van der Waals surface area contributed by atoms with E-state index in [0.29, 0.717) is 24.6 Å².